The van der Waals surface area contributed by atoms with Crippen LogP contribution in [-0.4, -0.2) is 20.1 Å². The number of phenolic OH excluding ortho intramolecular Hbond substituents is 1. The summed E-state index contributed by atoms with van der Waals surface area (Å²) in [5, 5.41) is 9.17. The maximum atomic E-state index is 12.1. The lowest BCUT2D eigenvalue weighted by molar-refractivity contribution is 0.289. The second-order valence-electron chi connectivity index (χ2n) is 5.50. The third-order valence-electron chi connectivity index (χ3n) is 3.37. The Bertz CT molecular complexity index is 484. The summed E-state index contributed by atoms with van der Waals surface area (Å²) in [5.74, 6) is 1.19. The first-order chi connectivity index (χ1) is 8.74. The van der Waals surface area contributed by atoms with Gasteiger partial charge in [0.1, 0.15) is 5.75 Å². The SMILES string of the molecule is CC(C)C(CNS(=O)(=O)c1ccc(O)cc1)C(C)C. The van der Waals surface area contributed by atoms with E-state index in [0.717, 1.165) is 0 Å². The van der Waals surface area contributed by atoms with Gasteiger partial charge in [-0.2, -0.15) is 0 Å². The van der Waals surface area contributed by atoms with Crippen molar-refractivity contribution in [2.75, 3.05) is 6.54 Å². The first kappa shape index (κ1) is 16.0. The van der Waals surface area contributed by atoms with Gasteiger partial charge < -0.3 is 5.11 Å². The second kappa shape index (κ2) is 6.39. The summed E-state index contributed by atoms with van der Waals surface area (Å²) in [6, 6.07) is 5.54. The minimum Gasteiger partial charge on any atom is -0.508 e. The molecule has 19 heavy (non-hydrogen) atoms. The quantitative estimate of drug-likeness (QED) is 0.844. The van der Waals surface area contributed by atoms with Gasteiger partial charge in [0.2, 0.25) is 10.0 Å². The topological polar surface area (TPSA) is 66.4 Å². The second-order valence-corrected chi connectivity index (χ2v) is 7.26. The Morgan fingerprint density at radius 3 is 1.95 bits per heavy atom. The predicted molar refractivity (Wildman–Crippen MR) is 76.5 cm³/mol. The van der Waals surface area contributed by atoms with E-state index in [0.29, 0.717) is 24.3 Å². The van der Waals surface area contributed by atoms with E-state index >= 15 is 0 Å². The summed E-state index contributed by atoms with van der Waals surface area (Å²) < 4.78 is 26.8. The zero-order chi connectivity index (χ0) is 14.6. The van der Waals surface area contributed by atoms with E-state index in [1.165, 1.54) is 24.3 Å². The lowest BCUT2D eigenvalue weighted by Crippen LogP contribution is -2.33. The van der Waals surface area contributed by atoms with Gasteiger partial charge in [0.15, 0.2) is 0 Å². The summed E-state index contributed by atoms with van der Waals surface area (Å²) in [6.45, 7) is 8.82. The highest BCUT2D eigenvalue weighted by atomic mass is 32.2. The van der Waals surface area contributed by atoms with E-state index in [2.05, 4.69) is 32.4 Å². The van der Waals surface area contributed by atoms with Crippen molar-refractivity contribution in [1.82, 2.24) is 4.72 Å². The fourth-order valence-corrected chi connectivity index (χ4v) is 3.23. The minimum atomic E-state index is -3.50. The van der Waals surface area contributed by atoms with E-state index in [4.69, 9.17) is 0 Å². The summed E-state index contributed by atoms with van der Waals surface area (Å²) in [4.78, 5) is 0.177. The molecule has 108 valence electrons. The molecule has 0 atom stereocenters. The molecule has 0 spiro atoms. The molecule has 0 saturated heterocycles. The molecular formula is C14H23NO3S. The van der Waals surface area contributed by atoms with Gasteiger partial charge in [0, 0.05) is 6.54 Å². The molecule has 1 aromatic carbocycles. The molecule has 1 aromatic rings. The molecule has 0 saturated carbocycles. The predicted octanol–water partition coefficient (Wildman–Crippen LogP) is 2.60. The molecule has 2 N–H and O–H groups in total. The highest BCUT2D eigenvalue weighted by molar-refractivity contribution is 7.89. The number of hydrogen-bond donors (Lipinski definition) is 2. The Balaban J connectivity index is 2.78. The number of sulfonamides is 1. The molecule has 1 rings (SSSR count). The summed E-state index contributed by atoms with van der Waals surface area (Å²) in [5.41, 5.74) is 0. The van der Waals surface area contributed by atoms with Crippen molar-refractivity contribution >= 4 is 10.0 Å². The van der Waals surface area contributed by atoms with E-state index in [-0.39, 0.29) is 10.6 Å². The van der Waals surface area contributed by atoms with Crippen molar-refractivity contribution in [3.05, 3.63) is 24.3 Å². The van der Waals surface area contributed by atoms with E-state index < -0.39 is 10.0 Å². The number of aromatic hydroxyl groups is 1. The molecule has 0 aliphatic carbocycles. The number of phenols is 1. The lowest BCUT2D eigenvalue weighted by Gasteiger charge is -2.25. The van der Waals surface area contributed by atoms with Gasteiger partial charge in [-0.3, -0.25) is 0 Å². The molecule has 0 aliphatic rings. The number of nitrogens with one attached hydrogen (secondary N) is 1. The molecule has 0 heterocycles. The molecule has 4 nitrogen and oxygen atoms in total. The maximum Gasteiger partial charge on any atom is 0.240 e. The zero-order valence-electron chi connectivity index (χ0n) is 11.9. The van der Waals surface area contributed by atoms with E-state index in [9.17, 15) is 13.5 Å². The standard InChI is InChI=1S/C14H23NO3S/c1-10(2)14(11(3)4)9-15-19(17,18)13-7-5-12(16)6-8-13/h5-8,10-11,14-16H,9H2,1-4H3. The van der Waals surface area contributed by atoms with Crippen molar-refractivity contribution in [2.45, 2.75) is 32.6 Å². The van der Waals surface area contributed by atoms with Crippen LogP contribution in [0.1, 0.15) is 27.7 Å². The Morgan fingerprint density at radius 2 is 1.53 bits per heavy atom. The Morgan fingerprint density at radius 1 is 1.05 bits per heavy atom. The molecule has 0 fully saturated rings. The Labute approximate surface area is 115 Å². The van der Waals surface area contributed by atoms with Crippen molar-refractivity contribution in [2.24, 2.45) is 17.8 Å². The highest BCUT2D eigenvalue weighted by Gasteiger charge is 2.21. The van der Waals surface area contributed by atoms with Gasteiger partial charge in [0.25, 0.3) is 0 Å². The number of benzene rings is 1. The van der Waals surface area contributed by atoms with Crippen LogP contribution in [0.15, 0.2) is 29.2 Å². The number of hydrogen-bond acceptors (Lipinski definition) is 3. The van der Waals surface area contributed by atoms with Gasteiger partial charge in [-0.1, -0.05) is 27.7 Å². The smallest absolute Gasteiger partial charge is 0.240 e. The van der Waals surface area contributed by atoms with Crippen LogP contribution in [0.4, 0.5) is 0 Å². The number of rotatable bonds is 6. The summed E-state index contributed by atoms with van der Waals surface area (Å²) >= 11 is 0. The summed E-state index contributed by atoms with van der Waals surface area (Å²) in [7, 11) is -3.50. The van der Waals surface area contributed by atoms with Gasteiger partial charge in [-0.15, -0.1) is 0 Å². The summed E-state index contributed by atoms with van der Waals surface area (Å²) in [6.07, 6.45) is 0. The van der Waals surface area contributed by atoms with Crippen LogP contribution in [0.2, 0.25) is 0 Å². The van der Waals surface area contributed by atoms with Crippen molar-refractivity contribution in [3.8, 4) is 5.75 Å². The third kappa shape index (κ3) is 4.51. The van der Waals surface area contributed by atoms with Crippen molar-refractivity contribution in [3.63, 3.8) is 0 Å². The first-order valence-corrected chi connectivity index (χ1v) is 8.01. The van der Waals surface area contributed by atoms with E-state index in [1.54, 1.807) is 0 Å². The molecular weight excluding hydrogens is 262 g/mol. The molecule has 0 bridgehead atoms. The molecule has 0 amide bonds. The Hall–Kier alpha value is -1.07. The molecule has 0 unspecified atom stereocenters. The molecule has 0 radical (unpaired) electrons. The average molecular weight is 285 g/mol. The van der Waals surface area contributed by atoms with Crippen LogP contribution in [-0.2, 0) is 10.0 Å². The monoisotopic (exact) mass is 285 g/mol. The first-order valence-electron chi connectivity index (χ1n) is 6.52. The molecule has 0 aromatic heterocycles. The fourth-order valence-electron chi connectivity index (χ4n) is 2.16. The fraction of sp³-hybridized carbons (Fsp3) is 0.571. The maximum absolute atomic E-state index is 12.1. The van der Waals surface area contributed by atoms with Gasteiger partial charge >= 0.3 is 0 Å². The van der Waals surface area contributed by atoms with Crippen molar-refractivity contribution < 1.29 is 13.5 Å². The third-order valence-corrected chi connectivity index (χ3v) is 4.81. The Kier molecular flexibility index (Phi) is 5.38. The molecule has 0 aliphatic heterocycles. The van der Waals surface area contributed by atoms with Crippen LogP contribution in [0.5, 0.6) is 5.75 Å². The largest absolute Gasteiger partial charge is 0.508 e. The van der Waals surface area contributed by atoms with Crippen LogP contribution in [0, 0.1) is 17.8 Å². The van der Waals surface area contributed by atoms with Crippen LogP contribution < -0.4 is 4.72 Å². The van der Waals surface area contributed by atoms with Gasteiger partial charge in [0.05, 0.1) is 4.90 Å². The molecule has 5 heteroatoms. The normalized spacial score (nSPS) is 12.6. The highest BCUT2D eigenvalue weighted by Crippen LogP contribution is 2.21. The lowest BCUT2D eigenvalue weighted by atomic mass is 9.86. The van der Waals surface area contributed by atoms with Crippen LogP contribution >= 0.6 is 0 Å². The zero-order valence-corrected chi connectivity index (χ0v) is 12.7. The van der Waals surface area contributed by atoms with Gasteiger partial charge in [-0.05, 0) is 42.0 Å². The van der Waals surface area contributed by atoms with E-state index in [1.807, 2.05) is 0 Å². The minimum absolute atomic E-state index is 0.0567. The van der Waals surface area contributed by atoms with Crippen molar-refractivity contribution in [1.29, 1.82) is 0 Å². The van der Waals surface area contributed by atoms with Crippen LogP contribution in [0.25, 0.3) is 0 Å². The van der Waals surface area contributed by atoms with Crippen LogP contribution in [0.3, 0.4) is 0 Å². The van der Waals surface area contributed by atoms with Gasteiger partial charge in [-0.25, -0.2) is 13.1 Å². The average Bonchev–Trinajstić information content (AvgIpc) is 2.28.